The highest BCUT2D eigenvalue weighted by atomic mass is 16.5. The van der Waals surface area contributed by atoms with Gasteiger partial charge in [0.05, 0.1) is 7.11 Å². The highest BCUT2D eigenvalue weighted by Gasteiger charge is 2.34. The van der Waals surface area contributed by atoms with E-state index in [-0.39, 0.29) is 12.1 Å². The van der Waals surface area contributed by atoms with Gasteiger partial charge in [-0.3, -0.25) is 9.79 Å². The zero-order chi connectivity index (χ0) is 16.9. The Morgan fingerprint density at radius 1 is 1.33 bits per heavy atom. The Balaban J connectivity index is 1.86. The highest BCUT2D eigenvalue weighted by Crippen LogP contribution is 2.38. The molecule has 1 aromatic heterocycles. The van der Waals surface area contributed by atoms with E-state index in [1.165, 1.54) is 20.0 Å². The molecule has 2 aliphatic rings. The van der Waals surface area contributed by atoms with Crippen LogP contribution in [0.15, 0.2) is 53.3 Å². The average molecular weight is 325 g/mol. The Bertz CT molecular complexity index is 715. The minimum absolute atomic E-state index is 0.260. The maximum absolute atomic E-state index is 12.2. The van der Waals surface area contributed by atoms with Gasteiger partial charge in [0.2, 0.25) is 0 Å². The first-order chi connectivity index (χ1) is 11.7. The zero-order valence-electron chi connectivity index (χ0n) is 14.0. The van der Waals surface area contributed by atoms with Crippen LogP contribution in [-0.4, -0.2) is 30.4 Å². The number of allylic oxidation sites excluding steroid dienone is 1. The van der Waals surface area contributed by atoms with Crippen LogP contribution in [0.3, 0.4) is 0 Å². The van der Waals surface area contributed by atoms with E-state index in [1.807, 2.05) is 55.9 Å². The molecule has 1 saturated carbocycles. The van der Waals surface area contributed by atoms with Crippen LogP contribution in [-0.2, 0) is 9.53 Å². The summed E-state index contributed by atoms with van der Waals surface area (Å²) in [5.41, 5.74) is 3.15. The van der Waals surface area contributed by atoms with Crippen molar-refractivity contribution in [1.29, 1.82) is 0 Å². The van der Waals surface area contributed by atoms with Gasteiger partial charge in [-0.25, -0.2) is 0 Å². The molecule has 1 aliphatic heterocycles. The number of nitrogens with zero attached hydrogens (tertiary/aromatic N) is 1. The van der Waals surface area contributed by atoms with E-state index < -0.39 is 5.92 Å². The van der Waals surface area contributed by atoms with Crippen molar-refractivity contribution in [1.82, 2.24) is 4.98 Å². The number of ether oxygens (including phenoxy) is 1. The van der Waals surface area contributed by atoms with Gasteiger partial charge in [0.1, 0.15) is 12.1 Å². The maximum Gasteiger partial charge on any atom is 0.316 e. The third-order valence-electron chi connectivity index (χ3n) is 4.23. The van der Waals surface area contributed by atoms with E-state index in [1.54, 1.807) is 0 Å². The van der Waals surface area contributed by atoms with Gasteiger partial charge in [-0.2, -0.15) is 0 Å². The number of aryl methyl sites for hydroxylation is 1. The molecule has 0 aromatic carbocycles. The fourth-order valence-corrected chi connectivity index (χ4v) is 2.76. The van der Waals surface area contributed by atoms with Crippen molar-refractivity contribution >= 4 is 17.9 Å². The van der Waals surface area contributed by atoms with Gasteiger partial charge in [0.25, 0.3) is 0 Å². The van der Waals surface area contributed by atoms with E-state index in [2.05, 4.69) is 15.3 Å². The van der Waals surface area contributed by atoms with Gasteiger partial charge in [0, 0.05) is 24.3 Å². The average Bonchev–Trinajstić information content (AvgIpc) is 3.41. The third-order valence-corrected chi connectivity index (χ3v) is 4.23. The molecule has 0 bridgehead atoms. The second-order valence-corrected chi connectivity index (χ2v) is 6.23. The van der Waals surface area contributed by atoms with Crippen LogP contribution in [0.25, 0.3) is 0 Å². The number of hydrogen-bond donors (Lipinski definition) is 2. The number of aromatic amines is 1. The largest absolute Gasteiger partial charge is 0.468 e. The lowest BCUT2D eigenvalue weighted by atomic mass is 9.97. The number of anilines is 1. The van der Waals surface area contributed by atoms with Crippen molar-refractivity contribution in [3.63, 3.8) is 0 Å². The SMILES string of the molecule is COC(=O)C1C=C(C2CC2)C=NC1Nc1ccc[nH]ccc(C)c1. The summed E-state index contributed by atoms with van der Waals surface area (Å²) in [7, 11) is 1.42. The van der Waals surface area contributed by atoms with E-state index in [4.69, 9.17) is 4.74 Å². The van der Waals surface area contributed by atoms with Gasteiger partial charge in [0.15, 0.2) is 0 Å². The second kappa shape index (κ2) is 7.34. The minimum Gasteiger partial charge on any atom is -0.468 e. The Morgan fingerprint density at radius 2 is 2.17 bits per heavy atom. The molecule has 24 heavy (non-hydrogen) atoms. The molecule has 2 N–H and O–H groups in total. The number of esters is 1. The van der Waals surface area contributed by atoms with E-state index in [0.29, 0.717) is 5.92 Å². The summed E-state index contributed by atoms with van der Waals surface area (Å²) in [6.45, 7) is 2.02. The van der Waals surface area contributed by atoms with Crippen molar-refractivity contribution in [2.75, 3.05) is 12.4 Å². The second-order valence-electron chi connectivity index (χ2n) is 6.23. The predicted octanol–water partition coefficient (Wildman–Crippen LogP) is 3.40. The van der Waals surface area contributed by atoms with Gasteiger partial charge in [-0.05, 0) is 61.1 Å². The molecule has 2 unspecified atom stereocenters. The molecule has 5 heteroatoms. The summed E-state index contributed by atoms with van der Waals surface area (Å²) in [6.07, 6.45) is 9.64. The summed E-state index contributed by atoms with van der Waals surface area (Å²) in [5.74, 6) is -0.105. The normalized spacial score (nSPS) is 22.3. The first-order valence-corrected chi connectivity index (χ1v) is 8.24. The summed E-state index contributed by atoms with van der Waals surface area (Å²) >= 11 is 0. The topological polar surface area (TPSA) is 66.5 Å². The monoisotopic (exact) mass is 325 g/mol. The van der Waals surface area contributed by atoms with Crippen molar-refractivity contribution < 1.29 is 9.53 Å². The molecule has 2 atom stereocenters. The number of aromatic nitrogens is 1. The molecule has 0 spiro atoms. The molecule has 1 aliphatic carbocycles. The van der Waals surface area contributed by atoms with E-state index in [0.717, 1.165) is 16.8 Å². The molecule has 0 amide bonds. The number of H-pyrrole nitrogens is 1. The Kier molecular flexibility index (Phi) is 4.99. The predicted molar refractivity (Wildman–Crippen MR) is 95.4 cm³/mol. The number of rotatable bonds is 4. The van der Waals surface area contributed by atoms with Gasteiger partial charge < -0.3 is 15.0 Å². The quantitative estimate of drug-likeness (QED) is 0.834. The molecule has 3 rings (SSSR count). The molecule has 1 aromatic rings. The molecule has 0 saturated heterocycles. The summed E-state index contributed by atoms with van der Waals surface area (Å²) in [5, 5.41) is 3.36. The molecule has 1 fully saturated rings. The lowest BCUT2D eigenvalue weighted by molar-refractivity contribution is -0.144. The van der Waals surface area contributed by atoms with Crippen LogP contribution in [0.5, 0.6) is 0 Å². The number of hydrogen-bond acceptors (Lipinski definition) is 4. The molecular weight excluding hydrogens is 302 g/mol. The van der Waals surface area contributed by atoms with Gasteiger partial charge >= 0.3 is 5.97 Å². The molecule has 5 nitrogen and oxygen atoms in total. The zero-order valence-corrected chi connectivity index (χ0v) is 14.0. The Hall–Kier alpha value is -2.56. The first kappa shape index (κ1) is 16.3. The van der Waals surface area contributed by atoms with Crippen molar-refractivity contribution in [2.24, 2.45) is 16.8 Å². The van der Waals surface area contributed by atoms with Crippen LogP contribution in [0.1, 0.15) is 18.4 Å². The number of aliphatic imine (C=N–C) groups is 1. The van der Waals surface area contributed by atoms with Gasteiger partial charge in [-0.1, -0.05) is 6.08 Å². The summed E-state index contributed by atoms with van der Waals surface area (Å²) < 4.78 is 4.98. The van der Waals surface area contributed by atoms with E-state index >= 15 is 0 Å². The lowest BCUT2D eigenvalue weighted by Gasteiger charge is -2.25. The number of nitrogens with one attached hydrogen (secondary N) is 2. The number of methoxy groups -OCH3 is 1. The standard InChI is InChI=1S/C19H23N3O2/c1-13-7-9-20-8-3-4-16(10-13)22-18-17(19(23)24-2)11-15(12-21-18)14-5-6-14/h3-4,7-12,14,17-18,20,22H,5-6H2,1-2H3. The Labute approximate surface area is 142 Å². The fraction of sp³-hybridized carbons (Fsp3) is 0.368. The molecular formula is C19H23N3O2. The Morgan fingerprint density at radius 3 is 2.92 bits per heavy atom. The number of carbonyl (C=O) groups excluding carboxylic acids is 1. The maximum atomic E-state index is 12.2. The van der Waals surface area contributed by atoms with Crippen LogP contribution >= 0.6 is 0 Å². The van der Waals surface area contributed by atoms with Crippen molar-refractivity contribution in [2.45, 2.75) is 25.9 Å². The van der Waals surface area contributed by atoms with Crippen LogP contribution < -0.4 is 5.32 Å². The fourth-order valence-electron chi connectivity index (χ4n) is 2.76. The summed E-state index contributed by atoms with van der Waals surface area (Å²) in [6, 6.07) is 7.87. The van der Waals surface area contributed by atoms with Crippen molar-refractivity contribution in [3.8, 4) is 0 Å². The third kappa shape index (κ3) is 4.04. The van der Waals surface area contributed by atoms with E-state index in [9.17, 15) is 4.79 Å². The van der Waals surface area contributed by atoms with Gasteiger partial charge in [-0.15, -0.1) is 0 Å². The smallest absolute Gasteiger partial charge is 0.316 e. The highest BCUT2D eigenvalue weighted by molar-refractivity contribution is 5.86. The number of carbonyl (C=O) groups is 1. The van der Waals surface area contributed by atoms with Crippen LogP contribution in [0.4, 0.5) is 5.69 Å². The lowest BCUT2D eigenvalue weighted by Crippen LogP contribution is -2.35. The first-order valence-electron chi connectivity index (χ1n) is 8.24. The molecule has 2 heterocycles. The number of dihydropyridines is 1. The molecule has 0 radical (unpaired) electrons. The van der Waals surface area contributed by atoms with Crippen LogP contribution in [0, 0.1) is 18.8 Å². The van der Waals surface area contributed by atoms with Crippen LogP contribution in [0.2, 0.25) is 0 Å². The van der Waals surface area contributed by atoms with Crippen molar-refractivity contribution in [3.05, 3.63) is 53.9 Å². The summed E-state index contributed by atoms with van der Waals surface area (Å²) in [4.78, 5) is 19.8. The molecule has 126 valence electrons. The minimum atomic E-state index is -0.407.